The quantitative estimate of drug-likeness (QED) is 0.923. The van der Waals surface area contributed by atoms with Crippen LogP contribution in [0.25, 0.3) is 11.5 Å². The van der Waals surface area contributed by atoms with Crippen LogP contribution in [-0.4, -0.2) is 21.0 Å². The van der Waals surface area contributed by atoms with Crippen molar-refractivity contribution in [1.82, 2.24) is 10.1 Å². The molecule has 0 amide bonds. The molecule has 0 saturated heterocycles. The second kappa shape index (κ2) is 5.42. The first-order valence-corrected chi connectivity index (χ1v) is 6.63. The normalized spacial score (nSPS) is 10.7. The van der Waals surface area contributed by atoms with Gasteiger partial charge in [0, 0.05) is 5.02 Å². The van der Waals surface area contributed by atoms with E-state index in [1.54, 1.807) is 23.9 Å². The molecule has 0 aliphatic heterocycles. The average molecular weight is 271 g/mol. The van der Waals surface area contributed by atoms with Crippen LogP contribution in [-0.2, 0) is 5.75 Å². The maximum atomic E-state index is 9.71. The largest absolute Gasteiger partial charge is 0.507 e. The summed E-state index contributed by atoms with van der Waals surface area (Å²) < 4.78 is 5.09. The molecule has 0 radical (unpaired) electrons. The maximum Gasteiger partial charge on any atom is 0.261 e. The van der Waals surface area contributed by atoms with E-state index in [4.69, 9.17) is 16.1 Å². The van der Waals surface area contributed by atoms with Gasteiger partial charge in [0.15, 0.2) is 5.82 Å². The van der Waals surface area contributed by atoms with Crippen LogP contribution in [0.5, 0.6) is 5.75 Å². The standard InChI is InChI=1S/C11H11ClN2O2S/c1-2-17-6-10-13-11(16-14-10)8-4-3-7(12)5-9(8)15/h3-5,15H,2,6H2,1H3. The second-order valence-electron chi connectivity index (χ2n) is 3.31. The van der Waals surface area contributed by atoms with E-state index < -0.39 is 0 Å². The molecule has 0 unspecified atom stereocenters. The van der Waals surface area contributed by atoms with Crippen LogP contribution < -0.4 is 0 Å². The molecule has 0 spiro atoms. The number of phenols is 1. The molecule has 17 heavy (non-hydrogen) atoms. The summed E-state index contributed by atoms with van der Waals surface area (Å²) in [5.74, 6) is 2.67. The molecular weight excluding hydrogens is 260 g/mol. The molecule has 0 saturated carbocycles. The molecule has 1 heterocycles. The first-order valence-electron chi connectivity index (χ1n) is 5.10. The number of hydrogen-bond donors (Lipinski definition) is 1. The summed E-state index contributed by atoms with van der Waals surface area (Å²) in [6.07, 6.45) is 0. The number of hydrogen-bond acceptors (Lipinski definition) is 5. The Hall–Kier alpha value is -1.20. The molecule has 1 N–H and O–H groups in total. The van der Waals surface area contributed by atoms with Crippen molar-refractivity contribution in [1.29, 1.82) is 0 Å². The number of halogens is 1. The highest BCUT2D eigenvalue weighted by molar-refractivity contribution is 7.98. The molecule has 1 aromatic heterocycles. The van der Waals surface area contributed by atoms with Gasteiger partial charge >= 0.3 is 0 Å². The van der Waals surface area contributed by atoms with Crippen LogP contribution >= 0.6 is 23.4 Å². The monoisotopic (exact) mass is 270 g/mol. The Morgan fingerprint density at radius 3 is 3.00 bits per heavy atom. The zero-order valence-electron chi connectivity index (χ0n) is 9.18. The van der Waals surface area contributed by atoms with E-state index >= 15 is 0 Å². The van der Waals surface area contributed by atoms with Crippen molar-refractivity contribution < 1.29 is 9.63 Å². The third-order valence-electron chi connectivity index (χ3n) is 2.09. The Morgan fingerprint density at radius 2 is 2.29 bits per heavy atom. The maximum absolute atomic E-state index is 9.71. The van der Waals surface area contributed by atoms with Gasteiger partial charge in [-0.15, -0.1) is 0 Å². The van der Waals surface area contributed by atoms with E-state index in [0.29, 0.717) is 28.1 Å². The van der Waals surface area contributed by atoms with E-state index in [9.17, 15) is 5.11 Å². The van der Waals surface area contributed by atoms with Gasteiger partial charge in [0.25, 0.3) is 5.89 Å². The Kier molecular flexibility index (Phi) is 3.91. The minimum absolute atomic E-state index is 0.0378. The molecule has 2 aromatic rings. The molecule has 0 atom stereocenters. The first-order chi connectivity index (χ1) is 8.20. The van der Waals surface area contributed by atoms with E-state index in [1.807, 2.05) is 0 Å². The van der Waals surface area contributed by atoms with Crippen molar-refractivity contribution in [3.05, 3.63) is 29.0 Å². The lowest BCUT2D eigenvalue weighted by Crippen LogP contribution is -1.84. The predicted octanol–water partition coefficient (Wildman–Crippen LogP) is 3.35. The second-order valence-corrected chi connectivity index (χ2v) is 5.03. The van der Waals surface area contributed by atoms with Gasteiger partial charge in [0.05, 0.1) is 11.3 Å². The topological polar surface area (TPSA) is 59.2 Å². The fraction of sp³-hybridized carbons (Fsp3) is 0.273. The molecule has 0 fully saturated rings. The molecule has 1 aromatic carbocycles. The van der Waals surface area contributed by atoms with Crippen molar-refractivity contribution in [2.45, 2.75) is 12.7 Å². The van der Waals surface area contributed by atoms with Crippen molar-refractivity contribution in [2.24, 2.45) is 0 Å². The van der Waals surface area contributed by atoms with Gasteiger partial charge in [0.1, 0.15) is 5.75 Å². The van der Waals surface area contributed by atoms with E-state index in [2.05, 4.69) is 17.1 Å². The number of benzene rings is 1. The van der Waals surface area contributed by atoms with Crippen LogP contribution in [0.4, 0.5) is 0 Å². The molecular formula is C11H11ClN2O2S. The number of aromatic nitrogens is 2. The number of aromatic hydroxyl groups is 1. The summed E-state index contributed by atoms with van der Waals surface area (Å²) in [6.45, 7) is 2.07. The van der Waals surface area contributed by atoms with Crippen LogP contribution in [0.1, 0.15) is 12.7 Å². The van der Waals surface area contributed by atoms with Crippen LogP contribution in [0, 0.1) is 0 Å². The van der Waals surface area contributed by atoms with Gasteiger partial charge in [-0.3, -0.25) is 0 Å². The Morgan fingerprint density at radius 1 is 1.47 bits per heavy atom. The van der Waals surface area contributed by atoms with Crippen molar-refractivity contribution >= 4 is 23.4 Å². The fourth-order valence-electron chi connectivity index (χ4n) is 1.30. The van der Waals surface area contributed by atoms with Gasteiger partial charge in [-0.1, -0.05) is 23.7 Å². The zero-order chi connectivity index (χ0) is 12.3. The third kappa shape index (κ3) is 2.92. The fourth-order valence-corrected chi connectivity index (χ4v) is 1.97. The van der Waals surface area contributed by atoms with Crippen LogP contribution in [0.3, 0.4) is 0 Å². The predicted molar refractivity (Wildman–Crippen MR) is 68.2 cm³/mol. The van der Waals surface area contributed by atoms with Crippen molar-refractivity contribution in [2.75, 3.05) is 5.75 Å². The van der Waals surface area contributed by atoms with Crippen LogP contribution in [0.15, 0.2) is 22.7 Å². The molecule has 6 heteroatoms. The molecule has 2 rings (SSSR count). The first kappa shape index (κ1) is 12.3. The lowest BCUT2D eigenvalue weighted by atomic mass is 10.2. The average Bonchev–Trinajstić information content (AvgIpc) is 2.75. The lowest BCUT2D eigenvalue weighted by Gasteiger charge is -1.98. The summed E-state index contributed by atoms with van der Waals surface area (Å²) in [5.41, 5.74) is 0.495. The van der Waals surface area contributed by atoms with Gasteiger partial charge < -0.3 is 9.63 Å². The minimum Gasteiger partial charge on any atom is -0.507 e. The van der Waals surface area contributed by atoms with E-state index in [-0.39, 0.29) is 5.75 Å². The minimum atomic E-state index is 0.0378. The van der Waals surface area contributed by atoms with Gasteiger partial charge in [0.2, 0.25) is 0 Å². The van der Waals surface area contributed by atoms with Gasteiger partial charge in [-0.05, 0) is 24.0 Å². The molecule has 90 valence electrons. The smallest absolute Gasteiger partial charge is 0.261 e. The highest BCUT2D eigenvalue weighted by Gasteiger charge is 2.12. The number of nitrogens with zero attached hydrogens (tertiary/aromatic N) is 2. The Bertz CT molecular complexity index is 516. The van der Waals surface area contributed by atoms with Crippen molar-refractivity contribution in [3.63, 3.8) is 0 Å². The summed E-state index contributed by atoms with van der Waals surface area (Å²) >= 11 is 7.46. The Labute approximate surface area is 108 Å². The zero-order valence-corrected chi connectivity index (χ0v) is 10.8. The summed E-state index contributed by atoms with van der Waals surface area (Å²) in [7, 11) is 0. The summed E-state index contributed by atoms with van der Waals surface area (Å²) in [5, 5.41) is 14.0. The lowest BCUT2D eigenvalue weighted by molar-refractivity contribution is 0.419. The molecule has 0 aliphatic carbocycles. The highest BCUT2D eigenvalue weighted by atomic mass is 35.5. The molecule has 4 nitrogen and oxygen atoms in total. The summed E-state index contributed by atoms with van der Waals surface area (Å²) in [4.78, 5) is 4.21. The van der Waals surface area contributed by atoms with E-state index in [1.165, 1.54) is 6.07 Å². The van der Waals surface area contributed by atoms with Gasteiger partial charge in [-0.2, -0.15) is 16.7 Å². The van der Waals surface area contributed by atoms with Crippen molar-refractivity contribution in [3.8, 4) is 17.2 Å². The van der Waals surface area contributed by atoms with Gasteiger partial charge in [-0.25, -0.2) is 0 Å². The number of thioether (sulfide) groups is 1. The molecule has 0 aliphatic rings. The summed E-state index contributed by atoms with van der Waals surface area (Å²) in [6, 6.07) is 4.77. The number of phenolic OH excluding ortho intramolecular Hbond substituents is 1. The number of rotatable bonds is 4. The van der Waals surface area contributed by atoms with E-state index in [0.717, 1.165) is 5.75 Å². The highest BCUT2D eigenvalue weighted by Crippen LogP contribution is 2.30. The van der Waals surface area contributed by atoms with Crippen LogP contribution in [0.2, 0.25) is 5.02 Å². The molecule has 0 bridgehead atoms. The Balaban J connectivity index is 2.24. The SMILES string of the molecule is CCSCc1noc(-c2ccc(Cl)cc2O)n1. The third-order valence-corrected chi connectivity index (χ3v) is 3.20.